The van der Waals surface area contributed by atoms with Gasteiger partial charge in [0.15, 0.2) is 11.5 Å². The molecule has 0 saturated carbocycles. The van der Waals surface area contributed by atoms with Crippen molar-refractivity contribution in [2.45, 2.75) is 6.04 Å². The molecule has 1 amide bonds. The van der Waals surface area contributed by atoms with Crippen LogP contribution in [0.3, 0.4) is 0 Å². The number of Topliss-reactive ketones (excluding diaryl/α,β-unsaturated/α-hetero) is 1. The van der Waals surface area contributed by atoms with Crippen LogP contribution in [-0.2, 0) is 9.59 Å². The summed E-state index contributed by atoms with van der Waals surface area (Å²) in [4.78, 5) is 27.8. The Morgan fingerprint density at radius 2 is 1.49 bits per heavy atom. The van der Waals surface area contributed by atoms with E-state index in [2.05, 4.69) is 0 Å². The first kappa shape index (κ1) is 24.0. The van der Waals surface area contributed by atoms with Crippen molar-refractivity contribution in [3.63, 3.8) is 0 Å². The number of ketones is 1. The molecule has 0 aromatic heterocycles. The van der Waals surface area contributed by atoms with Gasteiger partial charge in [-0.1, -0.05) is 23.7 Å². The van der Waals surface area contributed by atoms with Gasteiger partial charge in [-0.3, -0.25) is 14.5 Å². The Morgan fingerprint density at radius 3 is 2.09 bits per heavy atom. The number of carbonyl (C=O) groups excluding carboxylic acids is 2. The van der Waals surface area contributed by atoms with Gasteiger partial charge < -0.3 is 24.4 Å². The van der Waals surface area contributed by atoms with Crippen molar-refractivity contribution in [1.29, 1.82) is 0 Å². The van der Waals surface area contributed by atoms with E-state index in [9.17, 15) is 19.8 Å². The second-order valence-corrected chi connectivity index (χ2v) is 8.06. The molecule has 4 rings (SSSR count). The van der Waals surface area contributed by atoms with Crippen LogP contribution in [0.4, 0.5) is 5.69 Å². The molecule has 9 heteroatoms. The number of ether oxygens (including phenoxy) is 3. The predicted octanol–water partition coefficient (Wildman–Crippen LogP) is 4.70. The molecule has 1 aliphatic heterocycles. The molecule has 0 bridgehead atoms. The zero-order valence-electron chi connectivity index (χ0n) is 19.1. The van der Waals surface area contributed by atoms with E-state index >= 15 is 0 Å². The fourth-order valence-electron chi connectivity index (χ4n) is 4.02. The molecular weight excluding hydrogens is 474 g/mol. The largest absolute Gasteiger partial charge is 0.508 e. The van der Waals surface area contributed by atoms with E-state index in [4.69, 9.17) is 25.8 Å². The fourth-order valence-corrected chi connectivity index (χ4v) is 4.27. The molecule has 3 aromatic carbocycles. The van der Waals surface area contributed by atoms with Gasteiger partial charge in [0.05, 0.1) is 38.0 Å². The third-order valence-electron chi connectivity index (χ3n) is 5.72. The van der Waals surface area contributed by atoms with Crippen molar-refractivity contribution >= 4 is 34.7 Å². The SMILES string of the molecule is COc1ccc(N2C(=O)C(=O)/C(=C(/O)c3ccc(OC)c(OC)c3)C2c2ccc(O)cc2)cc1Cl. The van der Waals surface area contributed by atoms with E-state index in [0.29, 0.717) is 28.5 Å². The first-order valence-corrected chi connectivity index (χ1v) is 10.8. The number of aliphatic hydroxyl groups is 1. The van der Waals surface area contributed by atoms with Crippen LogP contribution in [0.15, 0.2) is 66.2 Å². The Bertz CT molecular complexity index is 1330. The van der Waals surface area contributed by atoms with E-state index < -0.39 is 17.7 Å². The lowest BCUT2D eigenvalue weighted by molar-refractivity contribution is -0.132. The van der Waals surface area contributed by atoms with Crippen LogP contribution in [0.5, 0.6) is 23.0 Å². The van der Waals surface area contributed by atoms with Crippen LogP contribution in [0, 0.1) is 0 Å². The van der Waals surface area contributed by atoms with Crippen LogP contribution < -0.4 is 19.1 Å². The van der Waals surface area contributed by atoms with Crippen LogP contribution >= 0.6 is 11.6 Å². The molecule has 0 radical (unpaired) electrons. The first-order valence-electron chi connectivity index (χ1n) is 10.5. The number of amides is 1. The highest BCUT2D eigenvalue weighted by Crippen LogP contribution is 2.44. The normalized spacial score (nSPS) is 16.9. The molecular formula is C26H22ClNO7. The van der Waals surface area contributed by atoms with Gasteiger partial charge in [-0.25, -0.2) is 0 Å². The van der Waals surface area contributed by atoms with Gasteiger partial charge in [-0.15, -0.1) is 0 Å². The number of aromatic hydroxyl groups is 1. The molecule has 1 heterocycles. The van der Waals surface area contributed by atoms with E-state index in [0.717, 1.165) is 0 Å². The van der Waals surface area contributed by atoms with E-state index in [-0.39, 0.29) is 27.7 Å². The Morgan fingerprint density at radius 1 is 0.857 bits per heavy atom. The van der Waals surface area contributed by atoms with Gasteiger partial charge in [0, 0.05) is 11.3 Å². The minimum absolute atomic E-state index is 0.0121. The molecule has 2 N–H and O–H groups in total. The summed E-state index contributed by atoms with van der Waals surface area (Å²) < 4.78 is 15.7. The highest BCUT2D eigenvalue weighted by atomic mass is 35.5. The smallest absolute Gasteiger partial charge is 0.300 e. The summed E-state index contributed by atoms with van der Waals surface area (Å²) >= 11 is 6.30. The van der Waals surface area contributed by atoms with E-state index in [1.807, 2.05) is 0 Å². The van der Waals surface area contributed by atoms with E-state index in [1.54, 1.807) is 36.4 Å². The molecule has 35 heavy (non-hydrogen) atoms. The topological polar surface area (TPSA) is 106 Å². The third kappa shape index (κ3) is 4.24. The van der Waals surface area contributed by atoms with Gasteiger partial charge in [0.1, 0.15) is 17.3 Å². The Labute approximate surface area is 206 Å². The number of methoxy groups -OCH3 is 3. The highest BCUT2D eigenvalue weighted by Gasteiger charge is 2.47. The molecule has 3 aromatic rings. The van der Waals surface area contributed by atoms with Crippen molar-refractivity contribution in [1.82, 2.24) is 0 Å². The number of aliphatic hydroxyl groups excluding tert-OH is 1. The van der Waals surface area contributed by atoms with Crippen molar-refractivity contribution in [3.8, 4) is 23.0 Å². The third-order valence-corrected chi connectivity index (χ3v) is 6.02. The van der Waals surface area contributed by atoms with Crippen molar-refractivity contribution in [2.75, 3.05) is 26.2 Å². The first-order chi connectivity index (χ1) is 16.8. The molecule has 8 nitrogen and oxygen atoms in total. The molecule has 1 unspecified atom stereocenters. The fraction of sp³-hybridized carbons (Fsp3) is 0.154. The quantitative estimate of drug-likeness (QED) is 0.290. The summed E-state index contributed by atoms with van der Waals surface area (Å²) in [6, 6.07) is 14.4. The molecule has 1 fully saturated rings. The molecule has 0 spiro atoms. The summed E-state index contributed by atoms with van der Waals surface area (Å²) in [5.41, 5.74) is 0.968. The molecule has 0 aliphatic carbocycles. The summed E-state index contributed by atoms with van der Waals surface area (Å²) in [5, 5.41) is 21.3. The van der Waals surface area contributed by atoms with Crippen LogP contribution in [0.25, 0.3) is 5.76 Å². The highest BCUT2D eigenvalue weighted by molar-refractivity contribution is 6.51. The maximum atomic E-state index is 13.3. The standard InChI is InChI=1S/C26H22ClNO7/c1-33-19-11-7-16(13-18(19)27)28-23(14-4-8-17(29)9-5-14)22(25(31)26(28)32)24(30)15-6-10-20(34-2)21(12-15)35-3/h4-13,23,29-30H,1-3H3/b24-22+. The molecule has 180 valence electrons. The van der Waals surface area contributed by atoms with Gasteiger partial charge >= 0.3 is 0 Å². The van der Waals surface area contributed by atoms with Crippen molar-refractivity contribution in [3.05, 3.63) is 82.4 Å². The average molecular weight is 496 g/mol. The second-order valence-electron chi connectivity index (χ2n) is 7.65. The second kappa shape index (κ2) is 9.60. The minimum atomic E-state index is -0.992. The average Bonchev–Trinajstić information content (AvgIpc) is 3.13. The number of rotatable bonds is 6. The Kier molecular flexibility index (Phi) is 6.57. The number of phenolic OH excluding ortho intramolecular Hbond substituents is 1. The van der Waals surface area contributed by atoms with Crippen molar-refractivity contribution in [2.24, 2.45) is 0 Å². The Balaban J connectivity index is 1.93. The summed E-state index contributed by atoms with van der Waals surface area (Å²) in [6.07, 6.45) is 0. The van der Waals surface area contributed by atoms with E-state index in [1.165, 1.54) is 50.5 Å². The number of hydrogen-bond donors (Lipinski definition) is 2. The van der Waals surface area contributed by atoms with Crippen LogP contribution in [0.1, 0.15) is 17.2 Å². The predicted molar refractivity (Wildman–Crippen MR) is 130 cm³/mol. The zero-order valence-corrected chi connectivity index (χ0v) is 19.9. The summed E-state index contributed by atoms with van der Waals surface area (Å²) in [5.74, 6) is -0.906. The number of nitrogens with zero attached hydrogens (tertiary/aromatic N) is 1. The number of carbonyl (C=O) groups is 2. The van der Waals surface area contributed by atoms with Gasteiger partial charge in [-0.05, 0) is 54.1 Å². The monoisotopic (exact) mass is 495 g/mol. The maximum absolute atomic E-state index is 13.3. The number of anilines is 1. The van der Waals surface area contributed by atoms with Crippen LogP contribution in [-0.4, -0.2) is 43.2 Å². The van der Waals surface area contributed by atoms with Gasteiger partial charge in [-0.2, -0.15) is 0 Å². The number of phenols is 1. The maximum Gasteiger partial charge on any atom is 0.300 e. The lowest BCUT2D eigenvalue weighted by atomic mass is 9.95. The minimum Gasteiger partial charge on any atom is -0.508 e. The lowest BCUT2D eigenvalue weighted by Crippen LogP contribution is -2.29. The summed E-state index contributed by atoms with van der Waals surface area (Å²) in [6.45, 7) is 0. The van der Waals surface area contributed by atoms with Gasteiger partial charge in [0.25, 0.3) is 11.7 Å². The zero-order chi connectivity index (χ0) is 25.3. The molecule has 1 aliphatic rings. The Hall–Kier alpha value is -4.17. The van der Waals surface area contributed by atoms with Gasteiger partial charge in [0.2, 0.25) is 0 Å². The number of benzene rings is 3. The number of hydrogen-bond acceptors (Lipinski definition) is 7. The summed E-state index contributed by atoms with van der Waals surface area (Å²) in [7, 11) is 4.39. The molecule has 1 saturated heterocycles. The number of halogens is 1. The lowest BCUT2D eigenvalue weighted by Gasteiger charge is -2.26. The van der Waals surface area contributed by atoms with Crippen LogP contribution in [0.2, 0.25) is 5.02 Å². The van der Waals surface area contributed by atoms with Crippen molar-refractivity contribution < 1.29 is 34.0 Å². The molecule has 1 atom stereocenters.